The van der Waals surface area contributed by atoms with Gasteiger partial charge in [0.2, 0.25) is 11.5 Å². The van der Waals surface area contributed by atoms with Gasteiger partial charge >= 0.3 is 12.2 Å². The number of carbonyl (C=O) groups is 4. The normalized spacial score (nSPS) is 17.9. The number of aromatic hydroxyl groups is 2. The van der Waals surface area contributed by atoms with E-state index >= 15 is 0 Å². The molecule has 4 heterocycles. The molecule has 4 aromatic rings. The van der Waals surface area contributed by atoms with Crippen molar-refractivity contribution in [2.24, 2.45) is 0 Å². The lowest BCUT2D eigenvalue weighted by Gasteiger charge is -2.30. The van der Waals surface area contributed by atoms with E-state index < -0.39 is 81.7 Å². The molecule has 6 rings (SSSR count). The molecule has 0 radical (unpaired) electrons. The van der Waals surface area contributed by atoms with Crippen molar-refractivity contribution in [1.82, 2.24) is 28.9 Å². The maximum Gasteiger partial charge on any atom is 0.410 e. The van der Waals surface area contributed by atoms with Gasteiger partial charge in [-0.2, -0.15) is 0 Å². The number of hydrogen-bond acceptors (Lipinski definition) is 14. The Kier molecular flexibility index (Phi) is 17.1. The van der Waals surface area contributed by atoms with E-state index in [9.17, 15) is 47.8 Å². The van der Waals surface area contributed by atoms with Crippen molar-refractivity contribution in [3.05, 3.63) is 114 Å². The van der Waals surface area contributed by atoms with Gasteiger partial charge in [0.05, 0.1) is 38.5 Å². The topological polar surface area (TPSA) is 222 Å². The molecule has 0 fully saturated rings. The number of ketones is 2. The number of hydrogen-bond donors (Lipinski definition) is 2. The predicted molar refractivity (Wildman–Crippen MR) is 252 cm³/mol. The summed E-state index contributed by atoms with van der Waals surface area (Å²) in [5.41, 5.74) is -1.37. The Bertz CT molecular complexity index is 2560. The van der Waals surface area contributed by atoms with Crippen molar-refractivity contribution < 1.29 is 57.1 Å². The fourth-order valence-corrected chi connectivity index (χ4v) is 7.76. The first-order valence-corrected chi connectivity index (χ1v) is 22.9. The maximum absolute atomic E-state index is 13.5. The molecular formula is C50H64F2N6O12. The van der Waals surface area contributed by atoms with E-state index in [1.54, 1.807) is 93.5 Å². The number of Topliss-reactive ketones (excluding diaryl/α,β-unsaturated/α-hetero) is 2. The summed E-state index contributed by atoms with van der Waals surface area (Å²) in [6.45, 7) is 17.5. The summed E-state index contributed by atoms with van der Waals surface area (Å²) in [5.74, 6) is -2.99. The van der Waals surface area contributed by atoms with Crippen molar-refractivity contribution in [3.8, 4) is 11.5 Å². The van der Waals surface area contributed by atoms with Crippen LogP contribution in [0.1, 0.15) is 147 Å². The van der Waals surface area contributed by atoms with Crippen LogP contribution in [0.25, 0.3) is 0 Å². The smallest absolute Gasteiger partial charge is 0.410 e. The Balaban J connectivity index is 0.000000261. The standard InChI is InChI=1S/2C25H32FN3O6/c2*1-14-11-16(7-9-17(14)26)8-10-19(30)20-21(31)23(32)29-15(2)12-34-13-18(22(29)27-20)28(6)24(33)35-25(3,4)5/h2*7,9,11,15,18,31H,8,10,12-13H2,1-6H3/t15-,18+;15-,18-/m00/s1. The minimum Gasteiger partial charge on any atom is -0.501 e. The van der Waals surface area contributed by atoms with Crippen molar-refractivity contribution >= 4 is 23.8 Å². The number of aromatic nitrogens is 4. The molecule has 0 spiro atoms. The van der Waals surface area contributed by atoms with E-state index in [0.717, 1.165) is 11.1 Å². The summed E-state index contributed by atoms with van der Waals surface area (Å²) < 4.78 is 51.8. The highest BCUT2D eigenvalue weighted by Gasteiger charge is 2.37. The molecule has 2 N–H and O–H groups in total. The Labute approximate surface area is 405 Å². The highest BCUT2D eigenvalue weighted by atomic mass is 19.1. The van der Waals surface area contributed by atoms with Crippen LogP contribution in [0.5, 0.6) is 11.5 Å². The lowest BCUT2D eigenvalue weighted by atomic mass is 10.0. The molecule has 2 amide bonds. The predicted octanol–water partition coefficient (Wildman–Crippen LogP) is 7.42. The number of rotatable bonds is 10. The first kappa shape index (κ1) is 54.4. The molecule has 4 atom stereocenters. The van der Waals surface area contributed by atoms with Crippen LogP contribution in [0, 0.1) is 25.5 Å². The second-order valence-corrected chi connectivity index (χ2v) is 19.7. The average Bonchev–Trinajstić information content (AvgIpc) is 3.55. The molecule has 0 saturated heterocycles. The highest BCUT2D eigenvalue weighted by Crippen LogP contribution is 2.30. The van der Waals surface area contributed by atoms with Crippen LogP contribution < -0.4 is 11.1 Å². The molecule has 2 aliphatic heterocycles. The van der Waals surface area contributed by atoms with E-state index in [4.69, 9.17) is 18.9 Å². The van der Waals surface area contributed by atoms with Crippen LogP contribution in [-0.4, -0.2) is 115 Å². The van der Waals surface area contributed by atoms with Crippen LogP contribution in [0.15, 0.2) is 46.0 Å². The zero-order valence-corrected chi connectivity index (χ0v) is 41.8. The largest absolute Gasteiger partial charge is 0.501 e. The van der Waals surface area contributed by atoms with Crippen LogP contribution in [0.3, 0.4) is 0 Å². The number of halogens is 2. The van der Waals surface area contributed by atoms with Crippen LogP contribution in [0.2, 0.25) is 0 Å². The molecule has 2 aliphatic rings. The summed E-state index contributed by atoms with van der Waals surface area (Å²) >= 11 is 0. The second kappa shape index (κ2) is 22.0. The summed E-state index contributed by atoms with van der Waals surface area (Å²) in [6.07, 6.45) is -0.830. The Morgan fingerprint density at radius 2 is 1.00 bits per heavy atom. The van der Waals surface area contributed by atoms with E-state index in [1.165, 1.54) is 45.2 Å². The van der Waals surface area contributed by atoms with Gasteiger partial charge in [0.25, 0.3) is 11.1 Å². The van der Waals surface area contributed by atoms with Gasteiger partial charge in [-0.25, -0.2) is 28.3 Å². The second-order valence-electron chi connectivity index (χ2n) is 19.7. The molecule has 0 bridgehead atoms. The molecule has 2 aromatic heterocycles. The zero-order valence-electron chi connectivity index (χ0n) is 41.8. The molecule has 18 nitrogen and oxygen atoms in total. The molecule has 0 aliphatic carbocycles. The van der Waals surface area contributed by atoms with Crippen molar-refractivity contribution in [1.29, 1.82) is 0 Å². The number of carbonyl (C=O) groups excluding carboxylic acids is 4. The molecule has 0 unspecified atom stereocenters. The average molecular weight is 979 g/mol. The van der Waals surface area contributed by atoms with Crippen molar-refractivity contribution in [2.45, 2.75) is 130 Å². The van der Waals surface area contributed by atoms with Gasteiger partial charge in [0.1, 0.15) is 46.6 Å². The number of aryl methyl sites for hydroxylation is 4. The Morgan fingerprint density at radius 3 is 1.31 bits per heavy atom. The number of likely N-dealkylation sites (N-methyl/N-ethyl adjacent to an activating group) is 2. The number of ether oxygens (including phenoxy) is 4. The van der Waals surface area contributed by atoms with Gasteiger partial charge in [-0.15, -0.1) is 0 Å². The van der Waals surface area contributed by atoms with Gasteiger partial charge in [-0.1, -0.05) is 24.3 Å². The molecule has 380 valence electrons. The first-order chi connectivity index (χ1) is 32.6. The highest BCUT2D eigenvalue weighted by molar-refractivity contribution is 5.97. The van der Waals surface area contributed by atoms with E-state index in [0.29, 0.717) is 11.1 Å². The lowest BCUT2D eigenvalue weighted by molar-refractivity contribution is 0.00785. The Morgan fingerprint density at radius 1 is 0.657 bits per heavy atom. The number of amides is 2. The molecular weight excluding hydrogens is 915 g/mol. The fraction of sp³-hybridized carbons (Fsp3) is 0.520. The van der Waals surface area contributed by atoms with E-state index in [2.05, 4.69) is 9.97 Å². The number of fused-ring (bicyclic) bond motifs is 2. The minimum absolute atomic E-state index is 0.0276. The van der Waals surface area contributed by atoms with Crippen LogP contribution >= 0.6 is 0 Å². The third-order valence-electron chi connectivity index (χ3n) is 11.5. The summed E-state index contributed by atoms with van der Waals surface area (Å²) in [5, 5.41) is 21.2. The Hall–Kier alpha value is -6.54. The molecule has 70 heavy (non-hydrogen) atoms. The van der Waals surface area contributed by atoms with Crippen LogP contribution in [-0.2, 0) is 31.8 Å². The van der Waals surface area contributed by atoms with Gasteiger partial charge < -0.3 is 29.2 Å². The summed E-state index contributed by atoms with van der Waals surface area (Å²) in [4.78, 5) is 89.0. The third-order valence-corrected chi connectivity index (χ3v) is 11.5. The maximum atomic E-state index is 13.5. The summed E-state index contributed by atoms with van der Waals surface area (Å²) in [7, 11) is 3.00. The fourth-order valence-electron chi connectivity index (χ4n) is 7.76. The molecule has 2 aromatic carbocycles. The van der Waals surface area contributed by atoms with Gasteiger partial charge in [-0.3, -0.25) is 38.1 Å². The third kappa shape index (κ3) is 13.0. The SMILES string of the molecule is Cc1cc(CCC(=O)c2nc3n(c(=O)c2O)[C@@H](C)COC[C@@H]3N(C)C(=O)OC(C)(C)C)ccc1F.Cc1cc(CCC(=O)c2nc3n(c(=O)c2O)[C@@H](C)COC[C@H]3N(C)C(=O)OC(C)(C)C)ccc1F. The van der Waals surface area contributed by atoms with Gasteiger partial charge in [0.15, 0.2) is 23.0 Å². The zero-order chi connectivity index (χ0) is 52.2. The quantitative estimate of drug-likeness (QED) is 0.148. The van der Waals surface area contributed by atoms with Crippen molar-refractivity contribution in [2.75, 3.05) is 40.5 Å². The first-order valence-electron chi connectivity index (χ1n) is 22.9. The van der Waals surface area contributed by atoms with Crippen LogP contribution in [0.4, 0.5) is 18.4 Å². The monoisotopic (exact) mass is 978 g/mol. The lowest BCUT2D eigenvalue weighted by Crippen LogP contribution is -2.40. The van der Waals surface area contributed by atoms with Crippen molar-refractivity contribution in [3.63, 3.8) is 0 Å². The number of nitrogens with zero attached hydrogens (tertiary/aromatic N) is 6. The minimum atomic E-state index is -0.825. The van der Waals surface area contributed by atoms with Gasteiger partial charge in [-0.05, 0) is 116 Å². The van der Waals surface area contributed by atoms with Gasteiger partial charge in [0, 0.05) is 26.9 Å². The van der Waals surface area contributed by atoms with E-state index in [-0.39, 0.29) is 86.8 Å². The van der Waals surface area contributed by atoms with E-state index in [1.807, 2.05) is 0 Å². The number of benzene rings is 2. The molecule has 0 saturated carbocycles. The molecule has 20 heteroatoms. The summed E-state index contributed by atoms with van der Waals surface area (Å²) in [6, 6.07) is 6.50.